The Kier molecular flexibility index (Phi) is 5.10. The van der Waals surface area contributed by atoms with E-state index in [-0.39, 0.29) is 6.03 Å². The van der Waals surface area contributed by atoms with E-state index < -0.39 is 0 Å². The Balaban J connectivity index is 2.00. The zero-order valence-electron chi connectivity index (χ0n) is 13.7. The summed E-state index contributed by atoms with van der Waals surface area (Å²) in [6.07, 6.45) is 0. The van der Waals surface area contributed by atoms with E-state index in [9.17, 15) is 4.79 Å². The lowest BCUT2D eigenvalue weighted by Gasteiger charge is -2.38. The summed E-state index contributed by atoms with van der Waals surface area (Å²) in [5, 5.41) is 0. The molecule has 0 atom stereocenters. The number of rotatable bonds is 3. The van der Waals surface area contributed by atoms with Crippen molar-refractivity contribution < 1.29 is 4.79 Å². The van der Waals surface area contributed by atoms with Crippen LogP contribution in [0.25, 0.3) is 0 Å². The smallest absolute Gasteiger partial charge is 0.320 e. The van der Waals surface area contributed by atoms with Gasteiger partial charge in [0, 0.05) is 45.0 Å². The van der Waals surface area contributed by atoms with Crippen molar-refractivity contribution in [1.29, 1.82) is 0 Å². The molecule has 4 heteroatoms. The Morgan fingerprint density at radius 3 is 2.29 bits per heavy atom. The van der Waals surface area contributed by atoms with Crippen molar-refractivity contribution in [2.24, 2.45) is 0 Å². The molecule has 1 aliphatic heterocycles. The minimum atomic E-state index is 0.181. The van der Waals surface area contributed by atoms with Gasteiger partial charge in [0.25, 0.3) is 0 Å². The largest absolute Gasteiger partial charge is 0.368 e. The summed E-state index contributed by atoms with van der Waals surface area (Å²) >= 11 is 0. The molecule has 1 heterocycles. The van der Waals surface area contributed by atoms with Gasteiger partial charge in [0.1, 0.15) is 0 Å². The van der Waals surface area contributed by atoms with Crippen LogP contribution in [-0.2, 0) is 0 Å². The van der Waals surface area contributed by atoms with E-state index in [1.807, 2.05) is 23.6 Å². The Bertz CT molecular complexity index is 489. The second-order valence-corrected chi connectivity index (χ2v) is 5.65. The predicted octanol–water partition coefficient (Wildman–Crippen LogP) is 2.89. The van der Waals surface area contributed by atoms with Crippen LogP contribution < -0.4 is 4.90 Å². The number of aryl methyl sites for hydroxylation is 1. The monoisotopic (exact) mass is 289 g/mol. The van der Waals surface area contributed by atoms with Crippen LogP contribution in [0.5, 0.6) is 0 Å². The molecule has 0 aliphatic carbocycles. The highest BCUT2D eigenvalue weighted by molar-refractivity contribution is 5.74. The second-order valence-electron chi connectivity index (χ2n) is 5.65. The van der Waals surface area contributed by atoms with Crippen LogP contribution in [-0.4, -0.2) is 55.1 Å². The summed E-state index contributed by atoms with van der Waals surface area (Å²) < 4.78 is 0. The molecule has 1 aromatic rings. The van der Waals surface area contributed by atoms with E-state index >= 15 is 0 Å². The average Bonchev–Trinajstić information content (AvgIpc) is 2.51. The number of amides is 2. The van der Waals surface area contributed by atoms with Gasteiger partial charge in [0.15, 0.2) is 0 Å². The van der Waals surface area contributed by atoms with E-state index in [1.54, 1.807) is 0 Å². The number of carbonyl (C=O) groups is 1. The molecule has 2 rings (SSSR count). The summed E-state index contributed by atoms with van der Waals surface area (Å²) in [6.45, 7) is 13.4. The van der Waals surface area contributed by atoms with Crippen LogP contribution in [0.2, 0.25) is 0 Å². The number of nitrogens with zero attached hydrogens (tertiary/aromatic N) is 3. The van der Waals surface area contributed by atoms with Crippen molar-refractivity contribution in [2.75, 3.05) is 44.2 Å². The van der Waals surface area contributed by atoms with Gasteiger partial charge < -0.3 is 14.7 Å². The minimum absolute atomic E-state index is 0.181. The van der Waals surface area contributed by atoms with Gasteiger partial charge in [-0.05, 0) is 44.9 Å². The molecule has 1 fully saturated rings. The second kappa shape index (κ2) is 6.83. The predicted molar refractivity (Wildman–Crippen MR) is 88.0 cm³/mol. The Hall–Kier alpha value is -1.71. The molecule has 0 saturated carbocycles. The fourth-order valence-electron chi connectivity index (χ4n) is 2.91. The Morgan fingerprint density at radius 1 is 1.10 bits per heavy atom. The third-order valence-corrected chi connectivity index (χ3v) is 4.50. The fraction of sp³-hybridized carbons (Fsp3) is 0.588. The number of hydrogen-bond donors (Lipinski definition) is 0. The Morgan fingerprint density at radius 2 is 1.71 bits per heavy atom. The quantitative estimate of drug-likeness (QED) is 0.855. The van der Waals surface area contributed by atoms with Crippen LogP contribution in [0.4, 0.5) is 10.5 Å². The molecule has 1 aromatic carbocycles. The summed E-state index contributed by atoms with van der Waals surface area (Å²) in [7, 11) is 0. The molecule has 1 aliphatic rings. The molecule has 0 spiro atoms. The minimum Gasteiger partial charge on any atom is -0.368 e. The summed E-state index contributed by atoms with van der Waals surface area (Å²) in [6, 6.07) is 6.63. The maximum absolute atomic E-state index is 12.4. The summed E-state index contributed by atoms with van der Waals surface area (Å²) in [5.41, 5.74) is 3.99. The highest BCUT2D eigenvalue weighted by Crippen LogP contribution is 2.24. The topological polar surface area (TPSA) is 26.8 Å². The number of anilines is 1. The van der Waals surface area contributed by atoms with Gasteiger partial charge >= 0.3 is 6.03 Å². The zero-order chi connectivity index (χ0) is 15.4. The first-order chi connectivity index (χ1) is 10.1. The number of urea groups is 1. The van der Waals surface area contributed by atoms with Gasteiger partial charge in [0.05, 0.1) is 0 Å². The van der Waals surface area contributed by atoms with Gasteiger partial charge in [-0.1, -0.05) is 12.1 Å². The molecule has 0 radical (unpaired) electrons. The van der Waals surface area contributed by atoms with Crippen LogP contribution in [0.3, 0.4) is 0 Å². The average molecular weight is 289 g/mol. The first-order valence-corrected chi connectivity index (χ1v) is 7.93. The van der Waals surface area contributed by atoms with E-state index in [0.29, 0.717) is 0 Å². The van der Waals surface area contributed by atoms with Crippen molar-refractivity contribution in [3.8, 4) is 0 Å². The zero-order valence-corrected chi connectivity index (χ0v) is 13.7. The third kappa shape index (κ3) is 3.31. The lowest BCUT2D eigenvalue weighted by atomic mass is 10.1. The molecular formula is C17H27N3O. The number of piperazine rings is 1. The lowest BCUT2D eigenvalue weighted by molar-refractivity contribution is 0.154. The third-order valence-electron chi connectivity index (χ3n) is 4.50. The van der Waals surface area contributed by atoms with Crippen molar-refractivity contribution in [1.82, 2.24) is 9.80 Å². The molecule has 0 N–H and O–H groups in total. The van der Waals surface area contributed by atoms with Crippen molar-refractivity contribution in [3.05, 3.63) is 29.3 Å². The highest BCUT2D eigenvalue weighted by Gasteiger charge is 2.24. The number of benzene rings is 1. The molecule has 21 heavy (non-hydrogen) atoms. The molecule has 116 valence electrons. The first kappa shape index (κ1) is 15.7. The molecule has 1 saturated heterocycles. The number of hydrogen-bond acceptors (Lipinski definition) is 2. The molecule has 0 aromatic heterocycles. The van der Waals surface area contributed by atoms with E-state index in [4.69, 9.17) is 0 Å². The van der Waals surface area contributed by atoms with Crippen molar-refractivity contribution in [3.63, 3.8) is 0 Å². The van der Waals surface area contributed by atoms with Gasteiger partial charge in [-0.15, -0.1) is 0 Å². The van der Waals surface area contributed by atoms with Gasteiger partial charge in [-0.2, -0.15) is 0 Å². The van der Waals surface area contributed by atoms with Gasteiger partial charge in [-0.3, -0.25) is 0 Å². The lowest BCUT2D eigenvalue weighted by Crippen LogP contribution is -2.53. The SMILES string of the molecule is CCN(CC)C(=O)N1CCN(c2cccc(C)c2C)CC1. The van der Waals surface area contributed by atoms with Crippen molar-refractivity contribution >= 4 is 11.7 Å². The molecule has 2 amide bonds. The van der Waals surface area contributed by atoms with E-state index in [0.717, 1.165) is 39.3 Å². The maximum Gasteiger partial charge on any atom is 0.320 e. The molecular weight excluding hydrogens is 262 g/mol. The Labute approximate surface area is 128 Å². The molecule has 4 nitrogen and oxygen atoms in total. The van der Waals surface area contributed by atoms with Crippen LogP contribution in [0.15, 0.2) is 18.2 Å². The normalized spacial score (nSPS) is 15.2. The molecule has 0 unspecified atom stereocenters. The van der Waals surface area contributed by atoms with Gasteiger partial charge in [-0.25, -0.2) is 4.79 Å². The van der Waals surface area contributed by atoms with Crippen LogP contribution in [0.1, 0.15) is 25.0 Å². The maximum atomic E-state index is 12.4. The van der Waals surface area contributed by atoms with Crippen LogP contribution >= 0.6 is 0 Å². The van der Waals surface area contributed by atoms with Crippen LogP contribution in [0, 0.1) is 13.8 Å². The van der Waals surface area contributed by atoms with Crippen molar-refractivity contribution in [2.45, 2.75) is 27.7 Å². The first-order valence-electron chi connectivity index (χ1n) is 7.93. The summed E-state index contributed by atoms with van der Waals surface area (Å²) in [5.74, 6) is 0. The highest BCUT2D eigenvalue weighted by atomic mass is 16.2. The number of carbonyl (C=O) groups excluding carboxylic acids is 1. The summed E-state index contributed by atoms with van der Waals surface area (Å²) in [4.78, 5) is 18.6. The fourth-order valence-corrected chi connectivity index (χ4v) is 2.91. The standard InChI is InChI=1S/C17H27N3O/c1-5-18(6-2)17(21)20-12-10-19(11-13-20)16-9-7-8-14(3)15(16)4/h7-9H,5-6,10-13H2,1-4H3. The molecule has 0 bridgehead atoms. The van der Waals surface area contributed by atoms with Gasteiger partial charge in [0.2, 0.25) is 0 Å². The van der Waals surface area contributed by atoms with E-state index in [1.165, 1.54) is 16.8 Å². The van der Waals surface area contributed by atoms with E-state index in [2.05, 4.69) is 36.9 Å².